The molecule has 2 amide bonds. The summed E-state index contributed by atoms with van der Waals surface area (Å²) in [5.74, 6) is 0.230. The van der Waals surface area contributed by atoms with E-state index in [1.165, 1.54) is 18.2 Å². The van der Waals surface area contributed by atoms with Crippen LogP contribution in [0.4, 0.5) is 23.7 Å². The molecule has 0 spiro atoms. The standard InChI is InChI=1S/C18H20F3N3O4S/c1-2-12-3-6-14(11-16(12)29(22,26)27)24-17(25)23-9-10-28-15-7-4-13(5-8-15)18(19,20)21/h3-8,11H,2,9-10H2,1H3,(H2,22,26,27)(H2,23,24,25). The normalized spacial score (nSPS) is 11.8. The molecule has 0 unspecified atom stereocenters. The van der Waals surface area contributed by atoms with Crippen LogP contribution >= 0.6 is 0 Å². The fourth-order valence-electron chi connectivity index (χ4n) is 2.44. The number of benzene rings is 2. The second-order valence-corrected chi connectivity index (χ2v) is 7.50. The lowest BCUT2D eigenvalue weighted by molar-refractivity contribution is -0.137. The highest BCUT2D eigenvalue weighted by Gasteiger charge is 2.30. The summed E-state index contributed by atoms with van der Waals surface area (Å²) < 4.78 is 66.0. The third-order valence-electron chi connectivity index (χ3n) is 3.85. The first kappa shape index (κ1) is 22.5. The predicted molar refractivity (Wildman–Crippen MR) is 101 cm³/mol. The maximum Gasteiger partial charge on any atom is 0.416 e. The number of rotatable bonds is 7. The zero-order valence-electron chi connectivity index (χ0n) is 15.4. The lowest BCUT2D eigenvalue weighted by atomic mass is 10.1. The van der Waals surface area contributed by atoms with Gasteiger partial charge in [0.2, 0.25) is 10.0 Å². The Morgan fingerprint density at radius 1 is 1.14 bits per heavy atom. The summed E-state index contributed by atoms with van der Waals surface area (Å²) in [6.07, 6.45) is -3.96. The molecule has 0 aliphatic carbocycles. The number of nitrogens with two attached hydrogens (primary N) is 1. The average molecular weight is 431 g/mol. The molecule has 0 aromatic heterocycles. The highest BCUT2D eigenvalue weighted by Crippen LogP contribution is 2.30. The number of anilines is 1. The second kappa shape index (κ2) is 9.14. The summed E-state index contributed by atoms with van der Waals surface area (Å²) in [4.78, 5) is 11.8. The summed E-state index contributed by atoms with van der Waals surface area (Å²) >= 11 is 0. The molecule has 11 heteroatoms. The summed E-state index contributed by atoms with van der Waals surface area (Å²) in [5, 5.41) is 10.2. The van der Waals surface area contributed by atoms with E-state index in [9.17, 15) is 26.4 Å². The number of sulfonamides is 1. The number of carbonyl (C=O) groups excluding carboxylic acids is 1. The van der Waals surface area contributed by atoms with Gasteiger partial charge in [0.15, 0.2) is 0 Å². The van der Waals surface area contributed by atoms with E-state index in [1.807, 2.05) is 0 Å². The van der Waals surface area contributed by atoms with E-state index in [0.29, 0.717) is 12.0 Å². The molecule has 2 aromatic carbocycles. The van der Waals surface area contributed by atoms with Gasteiger partial charge >= 0.3 is 12.2 Å². The van der Waals surface area contributed by atoms with Gasteiger partial charge in [0.05, 0.1) is 17.0 Å². The van der Waals surface area contributed by atoms with Crippen LogP contribution in [-0.2, 0) is 22.6 Å². The molecule has 7 nitrogen and oxygen atoms in total. The van der Waals surface area contributed by atoms with E-state index >= 15 is 0 Å². The Morgan fingerprint density at radius 3 is 2.34 bits per heavy atom. The average Bonchev–Trinajstić information content (AvgIpc) is 2.64. The smallest absolute Gasteiger partial charge is 0.416 e. The Balaban J connectivity index is 1.85. The second-order valence-electron chi connectivity index (χ2n) is 5.97. The minimum absolute atomic E-state index is 0.0238. The minimum atomic E-state index is -4.42. The Hall–Kier alpha value is -2.79. The zero-order valence-corrected chi connectivity index (χ0v) is 16.2. The molecule has 0 saturated carbocycles. The lowest BCUT2D eigenvalue weighted by Crippen LogP contribution is -2.32. The largest absolute Gasteiger partial charge is 0.492 e. The molecular formula is C18H20F3N3O4S. The Kier molecular flexibility index (Phi) is 7.09. The molecule has 0 atom stereocenters. The highest BCUT2D eigenvalue weighted by atomic mass is 32.2. The van der Waals surface area contributed by atoms with Crippen LogP contribution in [0.5, 0.6) is 5.75 Å². The van der Waals surface area contributed by atoms with Gasteiger partial charge in [-0.2, -0.15) is 13.2 Å². The lowest BCUT2D eigenvalue weighted by Gasteiger charge is -2.12. The number of alkyl halides is 3. The topological polar surface area (TPSA) is 111 Å². The van der Waals surface area contributed by atoms with Crippen molar-refractivity contribution in [1.82, 2.24) is 5.32 Å². The van der Waals surface area contributed by atoms with Gasteiger partial charge in [-0.25, -0.2) is 18.4 Å². The van der Waals surface area contributed by atoms with Crippen molar-refractivity contribution in [2.75, 3.05) is 18.5 Å². The van der Waals surface area contributed by atoms with Crippen LogP contribution in [0.2, 0.25) is 0 Å². The van der Waals surface area contributed by atoms with E-state index in [2.05, 4.69) is 10.6 Å². The van der Waals surface area contributed by atoms with Crippen LogP contribution in [0.15, 0.2) is 47.4 Å². The number of primary sulfonamides is 1. The van der Waals surface area contributed by atoms with Crippen LogP contribution in [-0.4, -0.2) is 27.6 Å². The third-order valence-corrected chi connectivity index (χ3v) is 4.84. The van der Waals surface area contributed by atoms with Crippen LogP contribution in [0, 0.1) is 0 Å². The Morgan fingerprint density at radius 2 is 1.79 bits per heavy atom. The molecule has 29 heavy (non-hydrogen) atoms. The number of carbonyl (C=O) groups is 1. The van der Waals surface area contributed by atoms with Crippen molar-refractivity contribution in [2.45, 2.75) is 24.4 Å². The van der Waals surface area contributed by atoms with Crippen LogP contribution < -0.4 is 20.5 Å². The summed E-state index contributed by atoms with van der Waals surface area (Å²) in [7, 11) is -3.93. The molecular weight excluding hydrogens is 411 g/mol. The molecule has 0 heterocycles. The SMILES string of the molecule is CCc1ccc(NC(=O)NCCOc2ccc(C(F)(F)F)cc2)cc1S(N)(=O)=O. The number of aryl methyl sites for hydroxylation is 1. The molecule has 2 rings (SSSR count). The number of hydrogen-bond donors (Lipinski definition) is 3. The number of nitrogens with one attached hydrogen (secondary N) is 2. The van der Waals surface area contributed by atoms with E-state index in [-0.39, 0.29) is 29.5 Å². The van der Waals surface area contributed by atoms with E-state index in [1.54, 1.807) is 19.1 Å². The molecule has 0 bridgehead atoms. The molecule has 0 fully saturated rings. The van der Waals surface area contributed by atoms with E-state index in [4.69, 9.17) is 9.88 Å². The van der Waals surface area contributed by atoms with Gasteiger partial charge in [0.1, 0.15) is 12.4 Å². The number of amides is 2. The predicted octanol–water partition coefficient (Wildman–Crippen LogP) is 3.12. The highest BCUT2D eigenvalue weighted by molar-refractivity contribution is 7.89. The number of ether oxygens (including phenoxy) is 1. The third kappa shape index (κ3) is 6.64. The number of hydrogen-bond acceptors (Lipinski definition) is 4. The van der Waals surface area contributed by atoms with Crippen LogP contribution in [0.25, 0.3) is 0 Å². The van der Waals surface area contributed by atoms with Crippen LogP contribution in [0.1, 0.15) is 18.1 Å². The van der Waals surface area contributed by atoms with Crippen molar-refractivity contribution in [3.8, 4) is 5.75 Å². The van der Waals surface area contributed by atoms with Crippen molar-refractivity contribution in [3.05, 3.63) is 53.6 Å². The summed E-state index contributed by atoms with van der Waals surface area (Å²) in [6, 6.07) is 7.95. The maximum atomic E-state index is 12.5. The van der Waals surface area contributed by atoms with Gasteiger partial charge < -0.3 is 15.4 Å². The first-order valence-corrected chi connectivity index (χ1v) is 10.1. The van der Waals surface area contributed by atoms with Gasteiger partial charge in [-0.1, -0.05) is 13.0 Å². The van der Waals surface area contributed by atoms with Crippen LogP contribution in [0.3, 0.4) is 0 Å². The van der Waals surface area contributed by atoms with Crippen molar-refractivity contribution in [2.24, 2.45) is 5.14 Å². The quantitative estimate of drug-likeness (QED) is 0.585. The molecule has 0 aliphatic rings. The number of halogens is 3. The fourth-order valence-corrected chi connectivity index (χ4v) is 3.31. The zero-order chi connectivity index (χ0) is 21.7. The van der Waals surface area contributed by atoms with Gasteiger partial charge in [-0.05, 0) is 48.4 Å². The summed E-state index contributed by atoms with van der Waals surface area (Å²) in [6.45, 7) is 1.87. The van der Waals surface area contributed by atoms with Gasteiger partial charge in [0, 0.05) is 5.69 Å². The van der Waals surface area contributed by atoms with E-state index in [0.717, 1.165) is 12.1 Å². The first-order valence-electron chi connectivity index (χ1n) is 8.51. The van der Waals surface area contributed by atoms with Gasteiger partial charge in [-0.15, -0.1) is 0 Å². The van der Waals surface area contributed by atoms with Crippen molar-refractivity contribution in [3.63, 3.8) is 0 Å². The first-order chi connectivity index (χ1) is 13.5. The molecule has 0 saturated heterocycles. The molecule has 158 valence electrons. The minimum Gasteiger partial charge on any atom is -0.492 e. The number of urea groups is 1. The van der Waals surface area contributed by atoms with Gasteiger partial charge in [-0.3, -0.25) is 0 Å². The van der Waals surface area contributed by atoms with E-state index < -0.39 is 27.8 Å². The fraction of sp³-hybridized carbons (Fsp3) is 0.278. The van der Waals surface area contributed by atoms with Crippen molar-refractivity contribution in [1.29, 1.82) is 0 Å². The Bertz CT molecular complexity index is 961. The molecule has 4 N–H and O–H groups in total. The van der Waals surface area contributed by atoms with Gasteiger partial charge in [0.25, 0.3) is 0 Å². The molecule has 2 aromatic rings. The van der Waals surface area contributed by atoms with Crippen molar-refractivity contribution >= 4 is 21.7 Å². The van der Waals surface area contributed by atoms with Crippen molar-refractivity contribution < 1.29 is 31.1 Å². The summed E-state index contributed by atoms with van der Waals surface area (Å²) in [5.41, 5.74) is -0.00825. The molecule has 0 aliphatic heterocycles. The maximum absolute atomic E-state index is 12.5. The monoisotopic (exact) mass is 431 g/mol. The Labute approximate surface area is 166 Å². The molecule has 0 radical (unpaired) electrons.